The minimum Gasteiger partial charge on any atom is -0.360 e. The molecule has 0 aliphatic carbocycles. The maximum Gasteiger partial charge on any atom is 0.189 e. The van der Waals surface area contributed by atoms with Crippen LogP contribution < -0.4 is 5.43 Å². The molecule has 0 saturated carbocycles. The van der Waals surface area contributed by atoms with Crippen LogP contribution in [0.1, 0.15) is 12.0 Å². The number of nitrogens with one attached hydrogen (secondary N) is 1. The lowest BCUT2D eigenvalue weighted by Gasteiger charge is -1.98. The van der Waals surface area contributed by atoms with Crippen LogP contribution >= 0.6 is 0 Å². The highest BCUT2D eigenvalue weighted by molar-refractivity contribution is 5.84. The highest BCUT2D eigenvalue weighted by Crippen LogP contribution is 2.11. The fraction of sp³-hybridized carbons (Fsp3) is 0.0769. The molecule has 0 radical (unpaired) electrons. The number of benzene rings is 1. The van der Waals surface area contributed by atoms with Gasteiger partial charge < -0.3 is 4.98 Å². The van der Waals surface area contributed by atoms with Gasteiger partial charge in [-0.25, -0.2) is 0 Å². The van der Waals surface area contributed by atoms with Gasteiger partial charge in [0.25, 0.3) is 0 Å². The summed E-state index contributed by atoms with van der Waals surface area (Å²) in [5.74, 6) is 5.60. The maximum absolute atomic E-state index is 11.5. The summed E-state index contributed by atoms with van der Waals surface area (Å²) in [5.41, 5.74) is 1.43. The van der Waals surface area contributed by atoms with Crippen LogP contribution in [-0.4, -0.2) is 4.98 Å². The monoisotopic (exact) mass is 208 g/mol. The molecular weight excluding hydrogens is 200 g/mol. The number of aromatic amines is 1. The number of rotatable bonds is 0. The highest BCUT2D eigenvalue weighted by Gasteiger charge is 2.00. The van der Waals surface area contributed by atoms with Gasteiger partial charge in [-0.15, -0.1) is 0 Å². The van der Waals surface area contributed by atoms with Crippen molar-refractivity contribution in [3.63, 3.8) is 0 Å². The molecule has 0 spiro atoms. The molecule has 0 aliphatic rings. The number of pyridine rings is 1. The molecule has 1 aromatic carbocycles. The van der Waals surface area contributed by atoms with Gasteiger partial charge in [0, 0.05) is 23.2 Å². The molecule has 2 rings (SSSR count). The minimum atomic E-state index is -0.0299. The molecule has 0 amide bonds. The van der Waals surface area contributed by atoms with Crippen molar-refractivity contribution in [2.24, 2.45) is 0 Å². The van der Waals surface area contributed by atoms with Crippen LogP contribution in [0.15, 0.2) is 35.3 Å². The highest BCUT2D eigenvalue weighted by atomic mass is 16.1. The Balaban J connectivity index is 2.65. The van der Waals surface area contributed by atoms with Crippen LogP contribution in [-0.2, 0) is 0 Å². The van der Waals surface area contributed by atoms with Crippen molar-refractivity contribution < 1.29 is 0 Å². The van der Waals surface area contributed by atoms with Crippen LogP contribution in [0.4, 0.5) is 0 Å². The number of hydrogen-bond donors (Lipinski definition) is 1. The van der Waals surface area contributed by atoms with E-state index in [9.17, 15) is 4.79 Å². The zero-order chi connectivity index (χ0) is 11.4. The minimum absolute atomic E-state index is 0.0299. The van der Waals surface area contributed by atoms with E-state index in [0.717, 1.165) is 11.1 Å². The van der Waals surface area contributed by atoms with Gasteiger partial charge in [-0.3, -0.25) is 4.79 Å². The maximum atomic E-state index is 11.5. The summed E-state index contributed by atoms with van der Waals surface area (Å²) in [6.07, 6.45) is 1.79. The van der Waals surface area contributed by atoms with E-state index in [1.54, 1.807) is 18.3 Å². The summed E-state index contributed by atoms with van der Waals surface area (Å²) in [5, 5.41) is 9.01. The molecule has 0 fully saturated rings. The Hall–Kier alpha value is -2.52. The predicted octanol–water partition coefficient (Wildman–Crippen LogP) is 1.79. The number of nitriles is 1. The lowest BCUT2D eigenvalue weighted by atomic mass is 10.1. The topological polar surface area (TPSA) is 56.6 Å². The van der Waals surface area contributed by atoms with Crippen molar-refractivity contribution in [1.29, 1.82) is 5.26 Å². The van der Waals surface area contributed by atoms with Gasteiger partial charge in [0.15, 0.2) is 5.43 Å². The smallest absolute Gasteiger partial charge is 0.189 e. The van der Waals surface area contributed by atoms with Crippen molar-refractivity contribution in [1.82, 2.24) is 4.98 Å². The molecule has 3 nitrogen and oxygen atoms in total. The van der Waals surface area contributed by atoms with Crippen molar-refractivity contribution in [3.05, 3.63) is 46.2 Å². The van der Waals surface area contributed by atoms with Crippen molar-refractivity contribution >= 4 is 10.9 Å². The first-order valence-corrected chi connectivity index (χ1v) is 4.79. The second-order valence-electron chi connectivity index (χ2n) is 3.21. The van der Waals surface area contributed by atoms with E-state index in [0.29, 0.717) is 5.39 Å². The molecule has 16 heavy (non-hydrogen) atoms. The molecule has 1 aromatic heterocycles. The fourth-order valence-electron chi connectivity index (χ4n) is 1.49. The molecule has 0 saturated heterocycles. The first-order chi connectivity index (χ1) is 7.83. The predicted molar refractivity (Wildman–Crippen MR) is 61.7 cm³/mol. The molecule has 1 heterocycles. The summed E-state index contributed by atoms with van der Waals surface area (Å²) in [4.78, 5) is 14.5. The van der Waals surface area contributed by atoms with Crippen molar-refractivity contribution in [2.45, 2.75) is 6.42 Å². The van der Waals surface area contributed by atoms with E-state index >= 15 is 0 Å². The van der Waals surface area contributed by atoms with E-state index in [2.05, 4.69) is 16.8 Å². The molecule has 0 aliphatic heterocycles. The lowest BCUT2D eigenvalue weighted by molar-refractivity contribution is 1.38. The SMILES string of the molecule is N#CCC#Cc1cccc2c(=O)cc[nH]c12. The van der Waals surface area contributed by atoms with Gasteiger partial charge in [0.1, 0.15) is 0 Å². The lowest BCUT2D eigenvalue weighted by Crippen LogP contribution is -2.00. The van der Waals surface area contributed by atoms with Gasteiger partial charge in [0.2, 0.25) is 0 Å². The molecule has 0 atom stereocenters. The zero-order valence-corrected chi connectivity index (χ0v) is 8.45. The molecule has 1 N–H and O–H groups in total. The molecule has 0 bridgehead atoms. The normalized spacial score (nSPS) is 9.19. The van der Waals surface area contributed by atoms with Gasteiger partial charge in [-0.05, 0) is 12.1 Å². The van der Waals surface area contributed by atoms with E-state index in [4.69, 9.17) is 5.26 Å². The fourth-order valence-corrected chi connectivity index (χ4v) is 1.49. The van der Waals surface area contributed by atoms with Crippen molar-refractivity contribution in [2.75, 3.05) is 0 Å². The third kappa shape index (κ3) is 1.80. The second kappa shape index (κ2) is 4.33. The van der Waals surface area contributed by atoms with Gasteiger partial charge in [-0.2, -0.15) is 5.26 Å². The second-order valence-corrected chi connectivity index (χ2v) is 3.21. The van der Waals surface area contributed by atoms with E-state index in [-0.39, 0.29) is 11.8 Å². The average molecular weight is 208 g/mol. The molecule has 2 aromatic rings. The zero-order valence-electron chi connectivity index (χ0n) is 8.45. The number of nitrogens with zero attached hydrogens (tertiary/aromatic N) is 1. The molecule has 76 valence electrons. The number of para-hydroxylation sites is 1. The molecule has 3 heteroatoms. The Kier molecular flexibility index (Phi) is 2.71. The quantitative estimate of drug-likeness (QED) is 0.671. The first kappa shape index (κ1) is 10.0. The largest absolute Gasteiger partial charge is 0.360 e. The number of hydrogen-bond acceptors (Lipinski definition) is 2. The van der Waals surface area contributed by atoms with Gasteiger partial charge in [0.05, 0.1) is 18.0 Å². The average Bonchev–Trinajstić information content (AvgIpc) is 2.31. The van der Waals surface area contributed by atoms with E-state index in [1.165, 1.54) is 6.07 Å². The van der Waals surface area contributed by atoms with Crippen LogP contribution in [0.25, 0.3) is 10.9 Å². The summed E-state index contributed by atoms with van der Waals surface area (Å²) in [6, 6.07) is 8.79. The summed E-state index contributed by atoms with van der Waals surface area (Å²) in [6.45, 7) is 0. The number of aromatic nitrogens is 1. The number of H-pyrrole nitrogens is 1. The Morgan fingerprint density at radius 2 is 2.19 bits per heavy atom. The van der Waals surface area contributed by atoms with Gasteiger partial charge >= 0.3 is 0 Å². The van der Waals surface area contributed by atoms with Crippen LogP contribution in [0.5, 0.6) is 0 Å². The molecule has 0 unspecified atom stereocenters. The summed E-state index contributed by atoms with van der Waals surface area (Å²) < 4.78 is 0. The van der Waals surface area contributed by atoms with Crippen molar-refractivity contribution in [3.8, 4) is 17.9 Å². The first-order valence-electron chi connectivity index (χ1n) is 4.79. The summed E-state index contributed by atoms with van der Waals surface area (Å²) in [7, 11) is 0. The molecular formula is C13H8N2O. The Morgan fingerprint density at radius 1 is 1.31 bits per heavy atom. The van der Waals surface area contributed by atoms with Crippen LogP contribution in [0, 0.1) is 23.2 Å². The Labute approximate surface area is 92.3 Å². The Morgan fingerprint density at radius 3 is 3.00 bits per heavy atom. The number of fused-ring (bicyclic) bond motifs is 1. The van der Waals surface area contributed by atoms with E-state index < -0.39 is 0 Å². The third-order valence-corrected chi connectivity index (χ3v) is 2.18. The third-order valence-electron chi connectivity index (χ3n) is 2.18. The standard InChI is InChI=1S/C13H8N2O/c14-8-2-1-4-10-5-3-6-11-12(16)7-9-15-13(10)11/h3,5-7,9H,2H2,(H,15,16). The van der Waals surface area contributed by atoms with Crippen LogP contribution in [0.2, 0.25) is 0 Å². The summed E-state index contributed by atoms with van der Waals surface area (Å²) >= 11 is 0. The van der Waals surface area contributed by atoms with Gasteiger partial charge in [-0.1, -0.05) is 17.9 Å². The Bertz CT molecular complexity index is 681. The van der Waals surface area contributed by atoms with Crippen LogP contribution in [0.3, 0.4) is 0 Å². The van der Waals surface area contributed by atoms with E-state index in [1.807, 2.05) is 12.1 Å².